The molecule has 1 saturated carbocycles. The van der Waals surface area contributed by atoms with Crippen molar-refractivity contribution in [2.24, 2.45) is 5.92 Å². The highest BCUT2D eigenvalue weighted by Gasteiger charge is 2.33. The van der Waals surface area contributed by atoms with Gasteiger partial charge in [-0.25, -0.2) is 8.42 Å². The molecule has 0 saturated heterocycles. The molecule has 1 aliphatic carbocycles. The molecule has 21 heavy (non-hydrogen) atoms. The zero-order valence-electron chi connectivity index (χ0n) is 12.9. The molecule has 0 radical (unpaired) electrons. The summed E-state index contributed by atoms with van der Waals surface area (Å²) in [7, 11) is -0.968. The van der Waals surface area contributed by atoms with Gasteiger partial charge < -0.3 is 5.32 Å². The fraction of sp³-hybridized carbons (Fsp3) is 0.625. The van der Waals surface area contributed by atoms with Crippen molar-refractivity contribution in [3.8, 4) is 0 Å². The largest absolute Gasteiger partial charge is 0.313 e. The number of benzene rings is 1. The summed E-state index contributed by atoms with van der Waals surface area (Å²) in [5.41, 5.74) is 2.46. The molecule has 0 bridgehead atoms. The first-order valence-electron chi connectivity index (χ1n) is 7.45. The van der Waals surface area contributed by atoms with Gasteiger partial charge >= 0.3 is 0 Å². The maximum Gasteiger partial charge on any atom is 0.150 e. The van der Waals surface area contributed by atoms with Crippen molar-refractivity contribution in [1.29, 1.82) is 0 Å². The first-order valence-corrected chi connectivity index (χ1v) is 10.2. The molecule has 0 aromatic heterocycles. The van der Waals surface area contributed by atoms with Gasteiger partial charge in [-0.3, -0.25) is 0 Å². The van der Waals surface area contributed by atoms with Gasteiger partial charge in [-0.2, -0.15) is 0 Å². The zero-order valence-corrected chi connectivity index (χ0v) is 15.3. The minimum atomic E-state index is -2.93. The van der Waals surface area contributed by atoms with Crippen LogP contribution in [0.15, 0.2) is 22.7 Å². The zero-order chi connectivity index (χ0) is 15.6. The Morgan fingerprint density at radius 1 is 1.33 bits per heavy atom. The maximum absolute atomic E-state index is 11.9. The maximum atomic E-state index is 11.9. The Morgan fingerprint density at radius 3 is 2.62 bits per heavy atom. The molecule has 3 nitrogen and oxygen atoms in total. The third-order valence-corrected chi connectivity index (χ3v) is 7.12. The highest BCUT2D eigenvalue weighted by atomic mass is 79.9. The topological polar surface area (TPSA) is 46.2 Å². The van der Waals surface area contributed by atoms with Crippen LogP contribution in [0.1, 0.15) is 42.9 Å². The number of aryl methyl sites for hydroxylation is 1. The van der Waals surface area contributed by atoms with E-state index in [1.54, 1.807) is 0 Å². The fourth-order valence-corrected chi connectivity index (χ4v) is 4.85. The van der Waals surface area contributed by atoms with Crippen LogP contribution in [0.3, 0.4) is 0 Å². The summed E-state index contributed by atoms with van der Waals surface area (Å²) in [4.78, 5) is 0. The van der Waals surface area contributed by atoms with E-state index in [1.807, 2.05) is 7.05 Å². The van der Waals surface area contributed by atoms with Crippen molar-refractivity contribution >= 4 is 25.8 Å². The minimum Gasteiger partial charge on any atom is -0.313 e. The Hall–Kier alpha value is -0.390. The second-order valence-electron chi connectivity index (χ2n) is 6.15. The highest BCUT2D eigenvalue weighted by molar-refractivity contribution is 9.10. The highest BCUT2D eigenvalue weighted by Crippen LogP contribution is 2.37. The second kappa shape index (κ2) is 6.80. The quantitative estimate of drug-likeness (QED) is 0.876. The van der Waals surface area contributed by atoms with Crippen LogP contribution in [0, 0.1) is 12.8 Å². The van der Waals surface area contributed by atoms with Crippen molar-refractivity contribution in [2.75, 3.05) is 13.3 Å². The predicted molar refractivity (Wildman–Crippen MR) is 91.3 cm³/mol. The molecule has 1 aromatic rings. The van der Waals surface area contributed by atoms with E-state index in [0.29, 0.717) is 5.92 Å². The number of hydrogen-bond acceptors (Lipinski definition) is 3. The summed E-state index contributed by atoms with van der Waals surface area (Å²) in [5.74, 6) is 0.379. The number of halogens is 1. The number of nitrogens with one attached hydrogen (secondary N) is 1. The van der Waals surface area contributed by atoms with E-state index in [2.05, 4.69) is 46.4 Å². The van der Waals surface area contributed by atoms with E-state index in [9.17, 15) is 8.42 Å². The van der Waals surface area contributed by atoms with Crippen LogP contribution in [0.4, 0.5) is 0 Å². The van der Waals surface area contributed by atoms with E-state index in [4.69, 9.17) is 0 Å². The van der Waals surface area contributed by atoms with Crippen molar-refractivity contribution in [3.63, 3.8) is 0 Å². The SMILES string of the molecule is CNC(c1ccc(Br)c(C)c1)C1CCCC(S(C)(=O)=O)C1. The van der Waals surface area contributed by atoms with E-state index < -0.39 is 9.84 Å². The van der Waals surface area contributed by atoms with Crippen LogP contribution in [0.5, 0.6) is 0 Å². The molecule has 0 heterocycles. The summed E-state index contributed by atoms with van der Waals surface area (Å²) < 4.78 is 24.8. The Balaban J connectivity index is 2.22. The van der Waals surface area contributed by atoms with Crippen molar-refractivity contribution in [2.45, 2.75) is 43.9 Å². The van der Waals surface area contributed by atoms with Crippen molar-refractivity contribution < 1.29 is 8.42 Å². The van der Waals surface area contributed by atoms with Crippen molar-refractivity contribution in [3.05, 3.63) is 33.8 Å². The molecular weight excluding hydrogens is 350 g/mol. The van der Waals surface area contributed by atoms with E-state index in [1.165, 1.54) is 17.4 Å². The molecule has 0 aliphatic heterocycles. The van der Waals surface area contributed by atoms with Gasteiger partial charge in [0.2, 0.25) is 0 Å². The smallest absolute Gasteiger partial charge is 0.150 e. The van der Waals surface area contributed by atoms with Crippen molar-refractivity contribution in [1.82, 2.24) is 5.32 Å². The number of rotatable bonds is 4. The molecule has 0 spiro atoms. The van der Waals surface area contributed by atoms with Gasteiger partial charge in [-0.15, -0.1) is 0 Å². The molecular formula is C16H24BrNO2S. The molecule has 3 unspecified atom stereocenters. The van der Waals surface area contributed by atoms with Crippen LogP contribution >= 0.6 is 15.9 Å². The molecule has 1 aliphatic rings. The standard InChI is InChI=1S/C16H24BrNO2S/c1-11-9-13(7-8-15(11)17)16(18-2)12-5-4-6-14(10-12)21(3,19)20/h7-9,12,14,16,18H,4-6,10H2,1-3H3. The van der Waals surface area contributed by atoms with Gasteiger partial charge in [-0.05, 0) is 56.3 Å². The predicted octanol–water partition coefficient (Wildman–Crippen LogP) is 3.62. The summed E-state index contributed by atoms with van der Waals surface area (Å²) >= 11 is 3.53. The van der Waals surface area contributed by atoms with E-state index in [0.717, 1.165) is 30.2 Å². The number of hydrogen-bond donors (Lipinski definition) is 1. The van der Waals surface area contributed by atoms with Crippen LogP contribution in [0.2, 0.25) is 0 Å². The van der Waals surface area contributed by atoms with Crippen LogP contribution in [0.25, 0.3) is 0 Å². The molecule has 0 amide bonds. The van der Waals surface area contributed by atoms with Gasteiger partial charge in [0, 0.05) is 16.8 Å². The van der Waals surface area contributed by atoms with Gasteiger partial charge in [0.15, 0.2) is 0 Å². The normalized spacial score (nSPS) is 24.8. The lowest BCUT2D eigenvalue weighted by molar-refractivity contribution is 0.282. The van der Waals surface area contributed by atoms with Gasteiger partial charge in [-0.1, -0.05) is 34.5 Å². The average molecular weight is 374 g/mol. The third-order valence-electron chi connectivity index (χ3n) is 4.60. The van der Waals surface area contributed by atoms with Gasteiger partial charge in [0.25, 0.3) is 0 Å². The number of sulfone groups is 1. The Bertz CT molecular complexity index is 600. The Labute approximate surface area is 136 Å². The first kappa shape index (κ1) is 17.0. The first-order chi connectivity index (χ1) is 9.82. The van der Waals surface area contributed by atoms with Gasteiger partial charge in [0.1, 0.15) is 9.84 Å². The van der Waals surface area contributed by atoms with Crippen LogP contribution in [-0.4, -0.2) is 27.0 Å². The van der Waals surface area contributed by atoms with Crippen LogP contribution < -0.4 is 5.32 Å². The molecule has 1 N–H and O–H groups in total. The lowest BCUT2D eigenvalue weighted by atomic mass is 9.80. The molecule has 5 heteroatoms. The Morgan fingerprint density at radius 2 is 2.05 bits per heavy atom. The molecule has 2 rings (SSSR count). The van der Waals surface area contributed by atoms with Gasteiger partial charge in [0.05, 0.1) is 5.25 Å². The molecule has 3 atom stereocenters. The summed E-state index contributed by atoms with van der Waals surface area (Å²) in [6, 6.07) is 6.62. The lowest BCUT2D eigenvalue weighted by Crippen LogP contribution is -2.34. The molecule has 1 fully saturated rings. The van der Waals surface area contributed by atoms with Crippen LogP contribution in [-0.2, 0) is 9.84 Å². The summed E-state index contributed by atoms with van der Waals surface area (Å²) in [6.45, 7) is 2.08. The monoisotopic (exact) mass is 373 g/mol. The lowest BCUT2D eigenvalue weighted by Gasteiger charge is -2.34. The molecule has 1 aromatic carbocycles. The minimum absolute atomic E-state index is 0.177. The molecule has 118 valence electrons. The Kier molecular flexibility index (Phi) is 5.49. The van der Waals surface area contributed by atoms with E-state index in [-0.39, 0.29) is 11.3 Å². The van der Waals surface area contributed by atoms with E-state index >= 15 is 0 Å². The second-order valence-corrected chi connectivity index (χ2v) is 9.33. The summed E-state index contributed by atoms with van der Waals surface area (Å²) in [5, 5.41) is 3.22. The average Bonchev–Trinajstić information content (AvgIpc) is 2.43. The summed E-state index contributed by atoms with van der Waals surface area (Å²) in [6.07, 6.45) is 5.03. The fourth-order valence-electron chi connectivity index (χ4n) is 3.41. The third kappa shape index (κ3) is 4.08.